The number of nitrogens with two attached hydrogens (primary N) is 1. The van der Waals surface area contributed by atoms with Gasteiger partial charge < -0.3 is 15.8 Å². The molecule has 19 heavy (non-hydrogen) atoms. The summed E-state index contributed by atoms with van der Waals surface area (Å²) >= 11 is 0. The van der Waals surface area contributed by atoms with E-state index in [0.717, 1.165) is 16.9 Å². The minimum Gasteiger partial charge on any atom is -0.496 e. The molecular weight excluding hydrogens is 240 g/mol. The van der Waals surface area contributed by atoms with E-state index in [1.54, 1.807) is 7.11 Å². The summed E-state index contributed by atoms with van der Waals surface area (Å²) in [4.78, 5) is 11.3. The second-order valence-electron chi connectivity index (χ2n) is 5.51. The normalized spacial score (nSPS) is 11.3. The number of hydrogen-bond acceptors (Lipinski definition) is 3. The lowest BCUT2D eigenvalue weighted by Gasteiger charge is -2.27. The Hall–Kier alpha value is -1.55. The van der Waals surface area contributed by atoms with E-state index >= 15 is 0 Å². The predicted octanol–water partition coefficient (Wildman–Crippen LogP) is 1.66. The maximum atomic E-state index is 11.3. The molecule has 0 saturated heterocycles. The van der Waals surface area contributed by atoms with Gasteiger partial charge in [0.15, 0.2) is 0 Å². The topological polar surface area (TPSA) is 64.3 Å². The number of benzene rings is 1. The van der Waals surface area contributed by atoms with E-state index in [-0.39, 0.29) is 17.9 Å². The standard InChI is InChI=1S/C15H24N2O2/c1-10-6-12(7-11(2)14(10)19-5)15(3,4)9-17-13(18)8-16/h6-7H,8-9,16H2,1-5H3,(H,17,18). The summed E-state index contributed by atoms with van der Waals surface area (Å²) < 4.78 is 5.37. The van der Waals surface area contributed by atoms with E-state index in [1.165, 1.54) is 5.56 Å². The first-order valence-corrected chi connectivity index (χ1v) is 6.44. The molecule has 1 rings (SSSR count). The Balaban J connectivity index is 2.98. The third-order valence-corrected chi connectivity index (χ3v) is 3.36. The zero-order valence-electron chi connectivity index (χ0n) is 12.5. The molecule has 4 nitrogen and oxygen atoms in total. The largest absolute Gasteiger partial charge is 0.496 e. The van der Waals surface area contributed by atoms with E-state index in [1.807, 2.05) is 13.8 Å². The first-order valence-electron chi connectivity index (χ1n) is 6.44. The van der Waals surface area contributed by atoms with Crippen LogP contribution in [0.5, 0.6) is 5.75 Å². The molecule has 0 aliphatic rings. The van der Waals surface area contributed by atoms with Crippen LogP contribution in [0.15, 0.2) is 12.1 Å². The van der Waals surface area contributed by atoms with Gasteiger partial charge in [-0.1, -0.05) is 26.0 Å². The van der Waals surface area contributed by atoms with Crippen molar-refractivity contribution in [3.8, 4) is 5.75 Å². The van der Waals surface area contributed by atoms with Gasteiger partial charge in [0.05, 0.1) is 13.7 Å². The maximum Gasteiger partial charge on any atom is 0.233 e. The second kappa shape index (κ2) is 6.06. The summed E-state index contributed by atoms with van der Waals surface area (Å²) in [5, 5.41) is 2.84. The molecule has 0 bridgehead atoms. The molecular formula is C15H24N2O2. The van der Waals surface area contributed by atoms with Crippen LogP contribution < -0.4 is 15.8 Å². The number of amides is 1. The molecule has 0 radical (unpaired) electrons. The third kappa shape index (κ3) is 3.70. The molecule has 0 heterocycles. The van der Waals surface area contributed by atoms with Crippen LogP contribution in [0.2, 0.25) is 0 Å². The molecule has 0 atom stereocenters. The second-order valence-corrected chi connectivity index (χ2v) is 5.51. The molecule has 0 aliphatic heterocycles. The first-order chi connectivity index (χ1) is 8.81. The Morgan fingerprint density at radius 1 is 1.32 bits per heavy atom. The quantitative estimate of drug-likeness (QED) is 0.850. The van der Waals surface area contributed by atoms with E-state index in [4.69, 9.17) is 10.5 Å². The van der Waals surface area contributed by atoms with Gasteiger partial charge in [-0.15, -0.1) is 0 Å². The zero-order valence-corrected chi connectivity index (χ0v) is 12.5. The van der Waals surface area contributed by atoms with Crippen molar-refractivity contribution in [1.29, 1.82) is 0 Å². The highest BCUT2D eigenvalue weighted by molar-refractivity contribution is 5.77. The van der Waals surface area contributed by atoms with Crippen LogP contribution >= 0.6 is 0 Å². The Bertz CT molecular complexity index is 444. The summed E-state index contributed by atoms with van der Waals surface area (Å²) in [6, 6.07) is 4.22. The Morgan fingerprint density at radius 3 is 2.26 bits per heavy atom. The summed E-state index contributed by atoms with van der Waals surface area (Å²) in [6.07, 6.45) is 0. The fourth-order valence-electron chi connectivity index (χ4n) is 2.16. The van der Waals surface area contributed by atoms with Crippen LogP contribution in [0.25, 0.3) is 0 Å². The van der Waals surface area contributed by atoms with E-state index in [0.29, 0.717) is 6.54 Å². The summed E-state index contributed by atoms with van der Waals surface area (Å²) in [7, 11) is 1.68. The van der Waals surface area contributed by atoms with Crippen LogP contribution in [0.3, 0.4) is 0 Å². The highest BCUT2D eigenvalue weighted by Crippen LogP contribution is 2.30. The lowest BCUT2D eigenvalue weighted by atomic mass is 9.82. The summed E-state index contributed by atoms with van der Waals surface area (Å²) in [5.41, 5.74) is 8.55. The number of aryl methyl sites for hydroxylation is 2. The SMILES string of the molecule is COc1c(C)cc(C(C)(C)CNC(=O)CN)cc1C. The first kappa shape index (κ1) is 15.5. The van der Waals surface area contributed by atoms with E-state index in [9.17, 15) is 4.79 Å². The maximum absolute atomic E-state index is 11.3. The Kier molecular flexibility index (Phi) is 4.95. The number of carbonyl (C=O) groups is 1. The van der Waals surface area contributed by atoms with Crippen LogP contribution in [0.4, 0.5) is 0 Å². The fourth-order valence-corrected chi connectivity index (χ4v) is 2.16. The van der Waals surface area contributed by atoms with Crippen molar-refractivity contribution in [2.75, 3.05) is 20.2 Å². The average Bonchev–Trinajstić information content (AvgIpc) is 2.35. The van der Waals surface area contributed by atoms with Gasteiger partial charge in [0.25, 0.3) is 0 Å². The van der Waals surface area contributed by atoms with Gasteiger partial charge in [-0.25, -0.2) is 0 Å². The van der Waals surface area contributed by atoms with Crippen molar-refractivity contribution in [2.45, 2.75) is 33.1 Å². The summed E-state index contributed by atoms with van der Waals surface area (Å²) in [5.74, 6) is 0.792. The average molecular weight is 264 g/mol. The van der Waals surface area contributed by atoms with Crippen molar-refractivity contribution in [1.82, 2.24) is 5.32 Å². The molecule has 0 unspecified atom stereocenters. The molecule has 0 fully saturated rings. The van der Waals surface area contributed by atoms with E-state index in [2.05, 4.69) is 31.3 Å². The molecule has 1 amide bonds. The van der Waals surface area contributed by atoms with Crippen molar-refractivity contribution in [3.63, 3.8) is 0 Å². The van der Waals surface area contributed by atoms with Gasteiger partial charge in [0.2, 0.25) is 5.91 Å². The number of carbonyl (C=O) groups excluding carboxylic acids is 1. The van der Waals surface area contributed by atoms with Gasteiger partial charge in [0.1, 0.15) is 5.75 Å². The number of ether oxygens (including phenoxy) is 1. The monoisotopic (exact) mass is 264 g/mol. The number of rotatable bonds is 5. The Labute approximate surface area is 115 Å². The smallest absolute Gasteiger partial charge is 0.233 e. The van der Waals surface area contributed by atoms with Crippen LogP contribution in [0.1, 0.15) is 30.5 Å². The highest BCUT2D eigenvalue weighted by atomic mass is 16.5. The lowest BCUT2D eigenvalue weighted by Crippen LogP contribution is -2.39. The lowest BCUT2D eigenvalue weighted by molar-refractivity contribution is -0.119. The highest BCUT2D eigenvalue weighted by Gasteiger charge is 2.23. The van der Waals surface area contributed by atoms with Crippen molar-refractivity contribution < 1.29 is 9.53 Å². The zero-order chi connectivity index (χ0) is 14.6. The number of hydrogen-bond donors (Lipinski definition) is 2. The molecule has 0 saturated carbocycles. The fraction of sp³-hybridized carbons (Fsp3) is 0.533. The predicted molar refractivity (Wildman–Crippen MR) is 77.6 cm³/mol. The van der Waals surface area contributed by atoms with Gasteiger partial charge in [-0.3, -0.25) is 4.79 Å². The van der Waals surface area contributed by atoms with Gasteiger partial charge in [-0.2, -0.15) is 0 Å². The minimum atomic E-state index is -0.146. The van der Waals surface area contributed by atoms with E-state index < -0.39 is 0 Å². The molecule has 4 heteroatoms. The molecule has 0 aliphatic carbocycles. The van der Waals surface area contributed by atoms with Gasteiger partial charge in [0, 0.05) is 12.0 Å². The molecule has 106 valence electrons. The molecule has 1 aromatic carbocycles. The molecule has 0 spiro atoms. The molecule has 3 N–H and O–H groups in total. The minimum absolute atomic E-state index is 0.0246. The number of methoxy groups -OCH3 is 1. The van der Waals surface area contributed by atoms with Gasteiger partial charge >= 0.3 is 0 Å². The van der Waals surface area contributed by atoms with Crippen molar-refractivity contribution in [3.05, 3.63) is 28.8 Å². The summed E-state index contributed by atoms with van der Waals surface area (Å²) in [6.45, 7) is 8.85. The number of nitrogens with one attached hydrogen (secondary N) is 1. The van der Waals surface area contributed by atoms with Crippen LogP contribution in [-0.4, -0.2) is 26.1 Å². The van der Waals surface area contributed by atoms with Gasteiger partial charge in [-0.05, 0) is 30.5 Å². The molecule has 1 aromatic rings. The van der Waals surface area contributed by atoms with Crippen molar-refractivity contribution >= 4 is 5.91 Å². The van der Waals surface area contributed by atoms with Crippen molar-refractivity contribution in [2.24, 2.45) is 5.73 Å². The third-order valence-electron chi connectivity index (χ3n) is 3.36. The molecule has 0 aromatic heterocycles. The van der Waals surface area contributed by atoms with Crippen LogP contribution in [-0.2, 0) is 10.2 Å². The van der Waals surface area contributed by atoms with Crippen LogP contribution in [0, 0.1) is 13.8 Å². The Morgan fingerprint density at radius 2 is 1.84 bits per heavy atom.